The lowest BCUT2D eigenvalue weighted by molar-refractivity contribution is 0.391. The van der Waals surface area contributed by atoms with Crippen molar-refractivity contribution in [2.75, 3.05) is 5.32 Å². The lowest BCUT2D eigenvalue weighted by atomic mass is 9.94. The van der Waals surface area contributed by atoms with Gasteiger partial charge in [-0.05, 0) is 12.1 Å². The van der Waals surface area contributed by atoms with Crippen LogP contribution in [0.3, 0.4) is 0 Å². The number of benzene rings is 1. The van der Waals surface area contributed by atoms with Gasteiger partial charge in [-0.1, -0.05) is 50.3 Å². The fourth-order valence-electron chi connectivity index (χ4n) is 1.89. The molecule has 23 heavy (non-hydrogen) atoms. The van der Waals surface area contributed by atoms with Crippen LogP contribution in [0, 0.1) is 0 Å². The van der Waals surface area contributed by atoms with Gasteiger partial charge < -0.3 is 9.73 Å². The summed E-state index contributed by atoms with van der Waals surface area (Å²) in [4.78, 5) is 8.76. The number of anilines is 2. The summed E-state index contributed by atoms with van der Waals surface area (Å²) in [6, 6.07) is 10.0. The Hall–Kier alpha value is -1.79. The summed E-state index contributed by atoms with van der Waals surface area (Å²) in [5, 5.41) is 4.19. The summed E-state index contributed by atoms with van der Waals surface area (Å²) in [5.74, 6) is 2.39. The first-order valence-electron chi connectivity index (χ1n) is 7.36. The molecule has 0 spiro atoms. The van der Waals surface area contributed by atoms with Gasteiger partial charge in [-0.15, -0.1) is 11.8 Å². The second-order valence-electron chi connectivity index (χ2n) is 6.13. The number of oxazole rings is 1. The molecule has 3 rings (SSSR count). The van der Waals surface area contributed by atoms with Crippen LogP contribution in [0.2, 0.25) is 0 Å². The quantitative estimate of drug-likeness (QED) is 0.622. The van der Waals surface area contributed by atoms with Crippen molar-refractivity contribution in [1.82, 2.24) is 9.97 Å². The van der Waals surface area contributed by atoms with Gasteiger partial charge in [0.15, 0.2) is 5.13 Å². The van der Waals surface area contributed by atoms with Gasteiger partial charge in [-0.3, -0.25) is 0 Å². The van der Waals surface area contributed by atoms with E-state index in [1.807, 2.05) is 42.7 Å². The normalized spacial score (nSPS) is 11.6. The second kappa shape index (κ2) is 6.76. The number of nitrogens with zero attached hydrogens (tertiary/aromatic N) is 2. The minimum Gasteiger partial charge on any atom is -0.444 e. The van der Waals surface area contributed by atoms with Crippen LogP contribution in [-0.2, 0) is 11.2 Å². The lowest BCUT2D eigenvalue weighted by Gasteiger charge is -2.12. The molecule has 0 aliphatic rings. The third-order valence-corrected chi connectivity index (χ3v) is 5.23. The third-order valence-electron chi connectivity index (χ3n) is 3.14. The van der Waals surface area contributed by atoms with Gasteiger partial charge in [-0.25, -0.2) is 9.97 Å². The van der Waals surface area contributed by atoms with Crippen molar-refractivity contribution in [3.8, 4) is 0 Å². The first-order chi connectivity index (χ1) is 11.0. The average molecular weight is 345 g/mol. The van der Waals surface area contributed by atoms with Crippen LogP contribution in [0.15, 0.2) is 51.4 Å². The molecule has 0 saturated heterocycles. The molecule has 0 saturated carbocycles. The lowest BCUT2D eigenvalue weighted by Crippen LogP contribution is -2.09. The minimum absolute atomic E-state index is 0.00677. The van der Waals surface area contributed by atoms with Crippen LogP contribution in [0.1, 0.15) is 32.4 Å². The van der Waals surface area contributed by atoms with Crippen LogP contribution < -0.4 is 5.32 Å². The van der Waals surface area contributed by atoms with E-state index in [0.717, 1.165) is 26.7 Å². The third kappa shape index (κ3) is 4.36. The molecule has 0 unspecified atom stereocenters. The Morgan fingerprint density at radius 3 is 2.61 bits per heavy atom. The van der Waals surface area contributed by atoms with Crippen LogP contribution >= 0.6 is 23.1 Å². The van der Waals surface area contributed by atoms with Crippen LogP contribution in [0.25, 0.3) is 0 Å². The predicted molar refractivity (Wildman–Crippen MR) is 96.6 cm³/mol. The number of hydrogen-bond acceptors (Lipinski definition) is 6. The molecule has 4 nitrogen and oxygen atoms in total. The molecule has 0 atom stereocenters. The molecule has 0 bridgehead atoms. The highest BCUT2D eigenvalue weighted by Gasteiger charge is 2.19. The highest BCUT2D eigenvalue weighted by atomic mass is 32.2. The first kappa shape index (κ1) is 16.1. The molecule has 0 fully saturated rings. The molecule has 1 N–H and O–H groups in total. The highest BCUT2D eigenvalue weighted by molar-refractivity contribution is 8.00. The van der Waals surface area contributed by atoms with Crippen molar-refractivity contribution in [3.05, 3.63) is 54.4 Å². The summed E-state index contributed by atoms with van der Waals surface area (Å²) in [6.45, 7) is 6.36. The van der Waals surface area contributed by atoms with E-state index in [1.165, 1.54) is 0 Å². The smallest absolute Gasteiger partial charge is 0.204 e. The topological polar surface area (TPSA) is 51.0 Å². The Balaban J connectivity index is 1.58. The second-order valence-corrected chi connectivity index (χ2v) is 8.44. The van der Waals surface area contributed by atoms with Gasteiger partial charge in [-0.2, -0.15) is 0 Å². The molecule has 0 radical (unpaired) electrons. The number of thiazole rings is 1. The van der Waals surface area contributed by atoms with Gasteiger partial charge in [0.05, 0.1) is 22.4 Å². The zero-order valence-electron chi connectivity index (χ0n) is 13.4. The van der Waals surface area contributed by atoms with Crippen molar-refractivity contribution in [3.63, 3.8) is 0 Å². The van der Waals surface area contributed by atoms with Gasteiger partial charge >= 0.3 is 0 Å². The van der Waals surface area contributed by atoms with E-state index in [0.29, 0.717) is 5.75 Å². The van der Waals surface area contributed by atoms with Gasteiger partial charge in [0.1, 0.15) is 5.76 Å². The Morgan fingerprint density at radius 2 is 1.91 bits per heavy atom. The van der Waals surface area contributed by atoms with E-state index < -0.39 is 0 Å². The van der Waals surface area contributed by atoms with Crippen LogP contribution in [0.4, 0.5) is 10.8 Å². The van der Waals surface area contributed by atoms with Crippen molar-refractivity contribution in [2.45, 2.75) is 36.1 Å². The van der Waals surface area contributed by atoms with Crippen molar-refractivity contribution in [1.29, 1.82) is 0 Å². The summed E-state index contributed by atoms with van der Waals surface area (Å²) in [5.41, 5.74) is 1.04. The first-order valence-corrected chi connectivity index (χ1v) is 9.17. The molecule has 0 aliphatic carbocycles. The maximum atomic E-state index is 5.81. The van der Waals surface area contributed by atoms with E-state index in [2.05, 4.69) is 36.1 Å². The maximum Gasteiger partial charge on any atom is 0.204 e. The van der Waals surface area contributed by atoms with Crippen LogP contribution in [-0.4, -0.2) is 9.97 Å². The Morgan fingerprint density at radius 1 is 1.13 bits per heavy atom. The number of hydrogen-bond donors (Lipinski definition) is 1. The van der Waals surface area contributed by atoms with Crippen molar-refractivity contribution >= 4 is 33.9 Å². The Labute approximate surface area is 144 Å². The van der Waals surface area contributed by atoms with Gasteiger partial charge in [0, 0.05) is 11.1 Å². The molecule has 2 aromatic heterocycles. The number of nitrogens with one attached hydrogen (secondary N) is 1. The van der Waals surface area contributed by atoms with E-state index in [-0.39, 0.29) is 5.41 Å². The number of aromatic nitrogens is 2. The molecule has 120 valence electrons. The van der Waals surface area contributed by atoms with E-state index in [4.69, 9.17) is 4.42 Å². The highest BCUT2D eigenvalue weighted by Crippen LogP contribution is 2.32. The van der Waals surface area contributed by atoms with Crippen molar-refractivity contribution in [2.24, 2.45) is 0 Å². The zero-order valence-corrected chi connectivity index (χ0v) is 15.0. The molecule has 0 amide bonds. The largest absolute Gasteiger partial charge is 0.444 e. The molecule has 2 heterocycles. The van der Waals surface area contributed by atoms with Gasteiger partial charge in [0.2, 0.25) is 5.89 Å². The fourth-order valence-corrected chi connectivity index (χ4v) is 3.63. The maximum absolute atomic E-state index is 5.81. The summed E-state index contributed by atoms with van der Waals surface area (Å²) < 4.78 is 6.95. The van der Waals surface area contributed by atoms with E-state index in [1.54, 1.807) is 23.1 Å². The Kier molecular flexibility index (Phi) is 4.73. The van der Waals surface area contributed by atoms with Gasteiger partial charge in [0.25, 0.3) is 0 Å². The predicted octanol–water partition coefficient (Wildman–Crippen LogP) is 5.46. The van der Waals surface area contributed by atoms with E-state index >= 15 is 0 Å². The summed E-state index contributed by atoms with van der Waals surface area (Å²) >= 11 is 3.32. The zero-order chi connectivity index (χ0) is 16.3. The monoisotopic (exact) mass is 345 g/mol. The van der Waals surface area contributed by atoms with Crippen molar-refractivity contribution < 1.29 is 4.42 Å². The molecule has 0 aliphatic heterocycles. The molecule has 1 aromatic carbocycles. The standard InChI is InChI=1S/C17H19N3OS2/c1-17(2,3)13-9-18-14(21-13)11-22-15-10-19-16(23-15)20-12-7-5-4-6-8-12/h4-10H,11H2,1-3H3,(H,19,20). The molecule has 6 heteroatoms. The SMILES string of the molecule is CC(C)(C)c1cnc(CSc2cnc(Nc3ccccc3)s2)o1. The fraction of sp³-hybridized carbons (Fsp3) is 0.294. The van der Waals surface area contributed by atoms with E-state index in [9.17, 15) is 0 Å². The number of thioether (sulfide) groups is 1. The number of para-hydroxylation sites is 1. The average Bonchev–Trinajstić information content (AvgIpc) is 3.15. The number of rotatable bonds is 5. The van der Waals surface area contributed by atoms with Crippen LogP contribution in [0.5, 0.6) is 0 Å². The Bertz CT molecular complexity index is 759. The summed E-state index contributed by atoms with van der Waals surface area (Å²) in [7, 11) is 0. The molecular formula is C17H19N3OS2. The summed E-state index contributed by atoms with van der Waals surface area (Å²) in [6.07, 6.45) is 3.71. The molecule has 3 aromatic rings. The minimum atomic E-state index is -0.00677. The molecular weight excluding hydrogens is 326 g/mol.